The van der Waals surface area contributed by atoms with Crippen molar-refractivity contribution in [2.45, 2.75) is 13.8 Å². The van der Waals surface area contributed by atoms with Crippen LogP contribution in [0.4, 0.5) is 0 Å². The fourth-order valence-corrected chi connectivity index (χ4v) is 0.684. The predicted molar refractivity (Wildman–Crippen MR) is 108 cm³/mol. The summed E-state index contributed by atoms with van der Waals surface area (Å²) in [6.45, 7) is 3.43. The molecule has 0 bridgehead atoms. The van der Waals surface area contributed by atoms with E-state index in [-0.39, 0.29) is 23.9 Å². The van der Waals surface area contributed by atoms with Gasteiger partial charge in [-0.05, 0) is 12.1 Å². The number of benzene rings is 2. The Bertz CT molecular complexity index is 328. The van der Waals surface area contributed by atoms with Gasteiger partial charge in [0.05, 0.1) is 0 Å². The van der Waals surface area contributed by atoms with Crippen molar-refractivity contribution in [3.63, 3.8) is 0 Å². The Labute approximate surface area is 167 Å². The summed E-state index contributed by atoms with van der Waals surface area (Å²) in [4.78, 5) is 0. The van der Waals surface area contributed by atoms with Crippen molar-refractivity contribution in [3.05, 3.63) is 72.8 Å². The molecule has 2 rings (SSSR count). The van der Waals surface area contributed by atoms with Gasteiger partial charge in [0.25, 0.3) is 0 Å². The molecule has 0 amide bonds. The Morgan fingerprint density at radius 2 is 0.857 bits per heavy atom. The van der Waals surface area contributed by atoms with Gasteiger partial charge < -0.3 is 49.7 Å². The molecule has 2 aromatic rings. The molecular formula is C16H16S4Sn. The zero-order valence-corrected chi connectivity index (χ0v) is 18.0. The van der Waals surface area contributed by atoms with Crippen LogP contribution < -0.4 is 0 Å². The second-order valence-electron chi connectivity index (χ2n) is 3.14. The van der Waals surface area contributed by atoms with Crippen molar-refractivity contribution >= 4 is 82.0 Å². The third-order valence-corrected chi connectivity index (χ3v) is 1.21. The molecule has 5 heteroatoms. The molecule has 0 aliphatic carbocycles. The summed E-state index contributed by atoms with van der Waals surface area (Å²) < 4.78 is 1.17. The zero-order valence-electron chi connectivity index (χ0n) is 11.9. The SMILES string of the molecule is CC(=S)[S-].CC(=S)[S-].[Sn+2].[c]1ccccc1.[c]1ccccc1. The van der Waals surface area contributed by atoms with Crippen LogP contribution in [-0.4, -0.2) is 32.3 Å². The summed E-state index contributed by atoms with van der Waals surface area (Å²) in [7, 11) is 0. The van der Waals surface area contributed by atoms with Crippen LogP contribution in [0.3, 0.4) is 0 Å². The summed E-state index contributed by atoms with van der Waals surface area (Å²) in [5.41, 5.74) is 0. The van der Waals surface area contributed by atoms with Gasteiger partial charge in [-0.2, -0.15) is 8.39 Å². The normalized spacial score (nSPS) is 6.95. The molecule has 0 aromatic heterocycles. The summed E-state index contributed by atoms with van der Waals surface area (Å²) in [6.07, 6.45) is 0. The van der Waals surface area contributed by atoms with Gasteiger partial charge in [0.1, 0.15) is 0 Å². The molecule has 0 saturated heterocycles. The predicted octanol–water partition coefficient (Wildman–Crippen LogP) is 4.35. The fraction of sp³-hybridized carbons (Fsp3) is 0.125. The van der Waals surface area contributed by atoms with Gasteiger partial charge in [-0.15, -0.1) is 0 Å². The molecule has 108 valence electrons. The van der Waals surface area contributed by atoms with Crippen LogP contribution in [-0.2, 0) is 25.3 Å². The topological polar surface area (TPSA) is 0 Å². The van der Waals surface area contributed by atoms with Gasteiger partial charge in [0, 0.05) is 0 Å². The quantitative estimate of drug-likeness (QED) is 0.329. The van der Waals surface area contributed by atoms with E-state index in [0.717, 1.165) is 0 Å². The van der Waals surface area contributed by atoms with E-state index in [4.69, 9.17) is 0 Å². The summed E-state index contributed by atoms with van der Waals surface area (Å²) >= 11 is 17.4. The monoisotopic (exact) mass is 456 g/mol. The third-order valence-electron chi connectivity index (χ3n) is 1.21. The number of rotatable bonds is 0. The third kappa shape index (κ3) is 45.0. The maximum Gasteiger partial charge on any atom is 2.00 e. The van der Waals surface area contributed by atoms with E-state index >= 15 is 0 Å². The number of hydrogen-bond donors (Lipinski definition) is 0. The van der Waals surface area contributed by atoms with Crippen LogP contribution in [0, 0.1) is 12.1 Å². The Morgan fingerprint density at radius 3 is 0.905 bits per heavy atom. The van der Waals surface area contributed by atoms with Crippen molar-refractivity contribution in [2.75, 3.05) is 0 Å². The second-order valence-corrected chi connectivity index (χ2v) is 6.10. The first-order valence-electron chi connectivity index (χ1n) is 5.64. The molecule has 0 fully saturated rings. The average molecular weight is 455 g/mol. The van der Waals surface area contributed by atoms with Crippen molar-refractivity contribution in [1.82, 2.24) is 0 Å². The fourth-order valence-electron chi connectivity index (χ4n) is 0.684. The van der Waals surface area contributed by atoms with E-state index in [9.17, 15) is 0 Å². The first-order valence-corrected chi connectivity index (χ1v) is 7.27. The van der Waals surface area contributed by atoms with Crippen LogP contribution in [0.1, 0.15) is 13.8 Å². The van der Waals surface area contributed by atoms with Crippen LogP contribution in [0.15, 0.2) is 60.7 Å². The molecule has 0 N–H and O–H groups in total. The van der Waals surface area contributed by atoms with Gasteiger partial charge in [-0.1, -0.05) is 74.5 Å². The minimum Gasteiger partial charge on any atom is -0.433 e. The molecule has 0 aliphatic rings. The maximum atomic E-state index is 4.35. The summed E-state index contributed by atoms with van der Waals surface area (Å²) in [6, 6.07) is 25.0. The first-order chi connectivity index (χ1) is 9.46. The van der Waals surface area contributed by atoms with Crippen LogP contribution >= 0.6 is 24.4 Å². The van der Waals surface area contributed by atoms with E-state index in [1.54, 1.807) is 13.8 Å². The van der Waals surface area contributed by atoms with Crippen molar-refractivity contribution in [1.29, 1.82) is 0 Å². The van der Waals surface area contributed by atoms with E-state index in [1.807, 2.05) is 60.7 Å². The molecule has 0 heterocycles. The molecule has 0 atom stereocenters. The Balaban J connectivity index is -0.000000208. The van der Waals surface area contributed by atoms with E-state index in [1.165, 1.54) is 0 Å². The standard InChI is InChI=1S/2C6H5.2C2H4S2.Sn/c2*1-2-4-6-5-3-1;2*1-2(3)4;/h2*1-5H;2*1H3,(H,3,4);/q;;;;+2/p-2. The first kappa shape index (κ1) is 25.8. The zero-order chi connectivity index (χ0) is 15.6. The summed E-state index contributed by atoms with van der Waals surface area (Å²) in [5.74, 6) is 0. The van der Waals surface area contributed by atoms with Crippen LogP contribution in [0.5, 0.6) is 0 Å². The number of hydrogen-bond acceptors (Lipinski definition) is 4. The minimum absolute atomic E-state index is 0. The minimum atomic E-state index is 0. The van der Waals surface area contributed by atoms with Gasteiger partial charge >= 0.3 is 23.9 Å². The van der Waals surface area contributed by atoms with Gasteiger partial charge in [0.2, 0.25) is 0 Å². The van der Waals surface area contributed by atoms with Crippen molar-refractivity contribution < 1.29 is 0 Å². The van der Waals surface area contributed by atoms with Gasteiger partial charge in [0.15, 0.2) is 0 Å². The molecule has 4 radical (unpaired) electrons. The van der Waals surface area contributed by atoms with E-state index in [2.05, 4.69) is 61.8 Å². The number of thiocarbonyl (C=S) groups is 2. The molecule has 0 saturated carbocycles. The second kappa shape index (κ2) is 22.1. The van der Waals surface area contributed by atoms with Crippen molar-refractivity contribution in [2.24, 2.45) is 0 Å². The Hall–Kier alpha value is -0.141. The molecule has 0 spiro atoms. The van der Waals surface area contributed by atoms with Crippen LogP contribution in [0.25, 0.3) is 0 Å². The van der Waals surface area contributed by atoms with E-state index in [0.29, 0.717) is 8.39 Å². The summed E-state index contributed by atoms with van der Waals surface area (Å²) in [5, 5.41) is 0. The molecule has 0 unspecified atom stereocenters. The molecule has 2 aromatic carbocycles. The average Bonchev–Trinajstić information content (AvgIpc) is 2.42. The van der Waals surface area contributed by atoms with Crippen molar-refractivity contribution in [3.8, 4) is 0 Å². The van der Waals surface area contributed by atoms with Crippen LogP contribution in [0.2, 0.25) is 0 Å². The van der Waals surface area contributed by atoms with Gasteiger partial charge in [-0.25, -0.2) is 0 Å². The molecule has 0 aliphatic heterocycles. The molecule has 0 nitrogen and oxygen atoms in total. The maximum absolute atomic E-state index is 4.35. The Kier molecular flexibility index (Phi) is 27.2. The molecular weight excluding hydrogens is 439 g/mol. The largest absolute Gasteiger partial charge is 2.00 e. The Morgan fingerprint density at radius 1 is 0.667 bits per heavy atom. The van der Waals surface area contributed by atoms with Gasteiger partial charge in [-0.3, -0.25) is 0 Å². The smallest absolute Gasteiger partial charge is 0.433 e. The van der Waals surface area contributed by atoms with E-state index < -0.39 is 0 Å². The molecule has 21 heavy (non-hydrogen) atoms.